The van der Waals surface area contributed by atoms with Crippen LogP contribution in [0.4, 0.5) is 5.69 Å². The molecule has 2 aliphatic heterocycles. The van der Waals surface area contributed by atoms with Crippen LogP contribution in [-0.4, -0.2) is 42.3 Å². The van der Waals surface area contributed by atoms with Gasteiger partial charge in [-0.3, -0.25) is 14.4 Å². The topological polar surface area (TPSA) is 83.7 Å². The normalized spacial score (nSPS) is 21.1. The standard InChI is InChI=1S/C23H25N3O3/c1-14-4-5-15(2)19(10-14)26-21(28)17-7-6-16(11-18(17)22(26)29)20(27)25-9-8-23(3,12-24)13-25/h4-7,10-11H,8-9,12-13,24H2,1-3H3. The molecular weight excluding hydrogens is 366 g/mol. The summed E-state index contributed by atoms with van der Waals surface area (Å²) in [4.78, 5) is 42.0. The van der Waals surface area contributed by atoms with E-state index in [9.17, 15) is 14.4 Å². The third-order valence-corrected chi connectivity index (χ3v) is 6.08. The average molecular weight is 391 g/mol. The van der Waals surface area contributed by atoms with E-state index in [0.29, 0.717) is 36.4 Å². The van der Waals surface area contributed by atoms with Crippen molar-refractivity contribution in [2.75, 3.05) is 24.5 Å². The Kier molecular flexibility index (Phi) is 4.54. The van der Waals surface area contributed by atoms with Crippen LogP contribution in [-0.2, 0) is 0 Å². The van der Waals surface area contributed by atoms with Gasteiger partial charge in [-0.25, -0.2) is 4.90 Å². The number of hydrogen-bond donors (Lipinski definition) is 1. The third-order valence-electron chi connectivity index (χ3n) is 6.08. The molecule has 1 atom stereocenters. The van der Waals surface area contributed by atoms with Crippen molar-refractivity contribution in [2.24, 2.45) is 11.1 Å². The highest BCUT2D eigenvalue weighted by Crippen LogP contribution is 2.33. The largest absolute Gasteiger partial charge is 0.338 e. The van der Waals surface area contributed by atoms with Gasteiger partial charge in [0, 0.05) is 18.7 Å². The summed E-state index contributed by atoms with van der Waals surface area (Å²) in [5.41, 5.74) is 9.21. The number of rotatable bonds is 3. The zero-order chi connectivity index (χ0) is 20.9. The summed E-state index contributed by atoms with van der Waals surface area (Å²) in [6.07, 6.45) is 0.859. The minimum absolute atomic E-state index is 0.0718. The Hall–Kier alpha value is -2.99. The molecule has 1 fully saturated rings. The molecule has 150 valence electrons. The molecule has 0 aliphatic carbocycles. The SMILES string of the molecule is Cc1ccc(C)c(N2C(=O)c3ccc(C(=O)N4CCC(C)(CN)C4)cc3C2=O)c1. The van der Waals surface area contributed by atoms with Crippen molar-refractivity contribution < 1.29 is 14.4 Å². The first-order valence-corrected chi connectivity index (χ1v) is 9.83. The van der Waals surface area contributed by atoms with Crippen molar-refractivity contribution in [3.05, 3.63) is 64.2 Å². The highest BCUT2D eigenvalue weighted by molar-refractivity contribution is 6.35. The summed E-state index contributed by atoms with van der Waals surface area (Å²) in [5.74, 6) is -0.869. The molecule has 0 bridgehead atoms. The summed E-state index contributed by atoms with van der Waals surface area (Å²) in [7, 11) is 0. The molecule has 1 unspecified atom stereocenters. The van der Waals surface area contributed by atoms with Crippen molar-refractivity contribution >= 4 is 23.4 Å². The summed E-state index contributed by atoms with van der Waals surface area (Å²) >= 11 is 0. The van der Waals surface area contributed by atoms with Gasteiger partial charge in [-0.05, 0) is 67.6 Å². The Bertz CT molecular complexity index is 1050. The number of benzene rings is 2. The zero-order valence-corrected chi connectivity index (χ0v) is 17.0. The van der Waals surface area contributed by atoms with Gasteiger partial charge in [0.2, 0.25) is 0 Å². The smallest absolute Gasteiger partial charge is 0.266 e. The van der Waals surface area contributed by atoms with E-state index >= 15 is 0 Å². The van der Waals surface area contributed by atoms with Crippen molar-refractivity contribution in [3.63, 3.8) is 0 Å². The monoisotopic (exact) mass is 391 g/mol. The molecular formula is C23H25N3O3. The van der Waals surface area contributed by atoms with Crippen LogP contribution in [0.5, 0.6) is 0 Å². The molecule has 3 amide bonds. The lowest BCUT2D eigenvalue weighted by molar-refractivity contribution is 0.0776. The van der Waals surface area contributed by atoms with Gasteiger partial charge in [0.15, 0.2) is 0 Å². The zero-order valence-electron chi connectivity index (χ0n) is 17.0. The number of amides is 3. The first-order chi connectivity index (χ1) is 13.7. The van der Waals surface area contributed by atoms with E-state index in [-0.39, 0.29) is 28.7 Å². The molecule has 0 spiro atoms. The lowest BCUT2D eigenvalue weighted by Crippen LogP contribution is -2.34. The highest BCUT2D eigenvalue weighted by Gasteiger charge is 2.39. The maximum atomic E-state index is 13.1. The molecule has 2 N–H and O–H groups in total. The van der Waals surface area contributed by atoms with E-state index in [1.807, 2.05) is 32.0 Å². The maximum absolute atomic E-state index is 13.1. The second kappa shape index (κ2) is 6.81. The lowest BCUT2D eigenvalue weighted by atomic mass is 9.90. The molecule has 0 radical (unpaired) electrons. The van der Waals surface area contributed by atoms with Gasteiger partial charge in [0.05, 0.1) is 16.8 Å². The summed E-state index contributed by atoms with van der Waals surface area (Å²) in [6.45, 7) is 7.64. The van der Waals surface area contributed by atoms with Gasteiger partial charge in [-0.2, -0.15) is 0 Å². The van der Waals surface area contributed by atoms with Crippen LogP contribution >= 0.6 is 0 Å². The van der Waals surface area contributed by atoms with E-state index in [2.05, 4.69) is 6.92 Å². The number of nitrogens with two attached hydrogens (primary N) is 1. The van der Waals surface area contributed by atoms with Gasteiger partial charge < -0.3 is 10.6 Å². The number of nitrogens with zero attached hydrogens (tertiary/aromatic N) is 2. The number of hydrogen-bond acceptors (Lipinski definition) is 4. The second-order valence-electron chi connectivity index (χ2n) is 8.49. The molecule has 2 aromatic rings. The Morgan fingerprint density at radius 1 is 1.07 bits per heavy atom. The van der Waals surface area contributed by atoms with Crippen LogP contribution in [0.2, 0.25) is 0 Å². The molecule has 6 heteroatoms. The first kappa shape index (κ1) is 19.3. The van der Waals surface area contributed by atoms with E-state index in [1.165, 1.54) is 4.90 Å². The predicted octanol–water partition coefficient (Wildman–Crippen LogP) is 2.91. The van der Waals surface area contributed by atoms with Crippen molar-refractivity contribution in [2.45, 2.75) is 27.2 Å². The van der Waals surface area contributed by atoms with E-state index in [1.54, 1.807) is 23.1 Å². The number of anilines is 1. The average Bonchev–Trinajstić information content (AvgIpc) is 3.22. The Balaban J connectivity index is 1.66. The molecule has 0 aromatic heterocycles. The number of imide groups is 1. The summed E-state index contributed by atoms with van der Waals surface area (Å²) in [5, 5.41) is 0. The van der Waals surface area contributed by atoms with Gasteiger partial charge in [0.25, 0.3) is 17.7 Å². The Morgan fingerprint density at radius 3 is 2.48 bits per heavy atom. The van der Waals surface area contributed by atoms with Crippen molar-refractivity contribution in [3.8, 4) is 0 Å². The molecule has 2 heterocycles. The second-order valence-corrected chi connectivity index (χ2v) is 8.49. The van der Waals surface area contributed by atoms with Crippen LogP contribution in [0.25, 0.3) is 0 Å². The quantitative estimate of drug-likeness (QED) is 0.816. The number of fused-ring (bicyclic) bond motifs is 1. The van der Waals surface area contributed by atoms with Crippen molar-refractivity contribution in [1.82, 2.24) is 4.90 Å². The van der Waals surface area contributed by atoms with Gasteiger partial charge >= 0.3 is 0 Å². The molecule has 4 rings (SSSR count). The molecule has 29 heavy (non-hydrogen) atoms. The minimum atomic E-state index is -0.387. The van der Waals surface area contributed by atoms with E-state index in [4.69, 9.17) is 5.73 Å². The Labute approximate surface area is 170 Å². The first-order valence-electron chi connectivity index (χ1n) is 9.83. The lowest BCUT2D eigenvalue weighted by Gasteiger charge is -2.22. The van der Waals surface area contributed by atoms with E-state index < -0.39 is 0 Å². The van der Waals surface area contributed by atoms with E-state index in [0.717, 1.165) is 17.5 Å². The number of likely N-dealkylation sites (tertiary alicyclic amines) is 1. The number of carbonyl (C=O) groups excluding carboxylic acids is 3. The molecule has 2 aliphatic rings. The van der Waals surface area contributed by atoms with Crippen LogP contribution in [0, 0.1) is 19.3 Å². The fourth-order valence-corrected chi connectivity index (χ4v) is 4.10. The molecule has 6 nitrogen and oxygen atoms in total. The highest BCUT2D eigenvalue weighted by atomic mass is 16.2. The Morgan fingerprint density at radius 2 is 1.79 bits per heavy atom. The molecule has 0 saturated carbocycles. The van der Waals surface area contributed by atoms with Crippen molar-refractivity contribution in [1.29, 1.82) is 0 Å². The fourth-order valence-electron chi connectivity index (χ4n) is 4.10. The van der Waals surface area contributed by atoms with Crippen LogP contribution in [0.1, 0.15) is 55.5 Å². The predicted molar refractivity (Wildman–Crippen MR) is 111 cm³/mol. The fraction of sp³-hybridized carbons (Fsp3) is 0.348. The van der Waals surface area contributed by atoms with Gasteiger partial charge in [0.1, 0.15) is 0 Å². The minimum Gasteiger partial charge on any atom is -0.338 e. The molecule has 2 aromatic carbocycles. The summed E-state index contributed by atoms with van der Waals surface area (Å²) in [6, 6.07) is 10.5. The van der Waals surface area contributed by atoms with Gasteiger partial charge in [-0.15, -0.1) is 0 Å². The summed E-state index contributed by atoms with van der Waals surface area (Å²) < 4.78 is 0. The van der Waals surface area contributed by atoms with Gasteiger partial charge in [-0.1, -0.05) is 19.1 Å². The van der Waals surface area contributed by atoms with Crippen LogP contribution in [0.15, 0.2) is 36.4 Å². The van der Waals surface area contributed by atoms with Crippen LogP contribution < -0.4 is 10.6 Å². The third kappa shape index (κ3) is 3.13. The number of aryl methyl sites for hydroxylation is 2. The van der Waals surface area contributed by atoms with Crippen LogP contribution in [0.3, 0.4) is 0 Å². The maximum Gasteiger partial charge on any atom is 0.266 e. The number of carbonyl (C=O) groups is 3. The molecule has 1 saturated heterocycles.